The molecule has 1 aromatic rings. The molecule has 0 saturated carbocycles. The van der Waals surface area contributed by atoms with Gasteiger partial charge in [0.2, 0.25) is 5.91 Å². The molecule has 20 heavy (non-hydrogen) atoms. The lowest BCUT2D eigenvalue weighted by Crippen LogP contribution is -2.39. The van der Waals surface area contributed by atoms with Gasteiger partial charge in [-0.25, -0.2) is 0 Å². The molecule has 2 atom stereocenters. The quantitative estimate of drug-likeness (QED) is 0.929. The van der Waals surface area contributed by atoms with Crippen LogP contribution in [-0.2, 0) is 11.2 Å². The average molecular weight is 293 g/mol. The van der Waals surface area contributed by atoms with Crippen LogP contribution in [0.2, 0.25) is 5.02 Å². The number of benzene rings is 1. The zero-order valence-electron chi connectivity index (χ0n) is 11.6. The van der Waals surface area contributed by atoms with Crippen LogP contribution in [0, 0.1) is 0 Å². The SMILES string of the molecule is O=C(CCc1ccc(Cl)cc1)N1CCC2CCC(C1)N2. The molecule has 1 N–H and O–H groups in total. The molecule has 1 amide bonds. The number of aryl methyl sites for hydroxylation is 1. The van der Waals surface area contributed by atoms with Crippen molar-refractivity contribution in [1.82, 2.24) is 10.2 Å². The molecule has 0 spiro atoms. The van der Waals surface area contributed by atoms with Crippen LogP contribution in [0.3, 0.4) is 0 Å². The predicted molar refractivity (Wildman–Crippen MR) is 80.9 cm³/mol. The van der Waals surface area contributed by atoms with Gasteiger partial charge in [-0.15, -0.1) is 0 Å². The molecule has 2 unspecified atom stereocenters. The summed E-state index contributed by atoms with van der Waals surface area (Å²) in [5.41, 5.74) is 1.18. The Morgan fingerprint density at radius 1 is 1.20 bits per heavy atom. The van der Waals surface area contributed by atoms with Crippen LogP contribution >= 0.6 is 11.6 Å². The number of nitrogens with one attached hydrogen (secondary N) is 1. The lowest BCUT2D eigenvalue weighted by molar-refractivity contribution is -0.131. The third-order valence-electron chi connectivity index (χ3n) is 4.42. The van der Waals surface area contributed by atoms with Crippen molar-refractivity contribution in [2.75, 3.05) is 13.1 Å². The van der Waals surface area contributed by atoms with E-state index in [0.29, 0.717) is 18.5 Å². The van der Waals surface area contributed by atoms with Gasteiger partial charge in [0, 0.05) is 36.6 Å². The fraction of sp³-hybridized carbons (Fsp3) is 0.562. The Hall–Kier alpha value is -1.06. The number of hydrogen-bond donors (Lipinski definition) is 1. The van der Waals surface area contributed by atoms with Crippen LogP contribution in [0.5, 0.6) is 0 Å². The molecule has 0 aliphatic carbocycles. The van der Waals surface area contributed by atoms with Crippen LogP contribution < -0.4 is 5.32 Å². The van der Waals surface area contributed by atoms with Crippen molar-refractivity contribution < 1.29 is 4.79 Å². The highest BCUT2D eigenvalue weighted by atomic mass is 35.5. The van der Waals surface area contributed by atoms with Crippen molar-refractivity contribution in [3.8, 4) is 0 Å². The normalized spacial score (nSPS) is 25.6. The Balaban J connectivity index is 1.52. The Bertz CT molecular complexity index is 474. The van der Waals surface area contributed by atoms with Crippen molar-refractivity contribution in [3.05, 3.63) is 34.9 Å². The van der Waals surface area contributed by atoms with E-state index in [9.17, 15) is 4.79 Å². The van der Waals surface area contributed by atoms with Gasteiger partial charge >= 0.3 is 0 Å². The monoisotopic (exact) mass is 292 g/mol. The number of amides is 1. The summed E-state index contributed by atoms with van der Waals surface area (Å²) in [6.45, 7) is 1.80. The van der Waals surface area contributed by atoms with Gasteiger partial charge in [-0.3, -0.25) is 4.79 Å². The molecule has 0 aromatic heterocycles. The van der Waals surface area contributed by atoms with E-state index < -0.39 is 0 Å². The van der Waals surface area contributed by atoms with E-state index in [1.165, 1.54) is 18.4 Å². The number of likely N-dealkylation sites (tertiary alicyclic amines) is 1. The van der Waals surface area contributed by atoms with E-state index in [2.05, 4.69) is 5.32 Å². The van der Waals surface area contributed by atoms with E-state index in [-0.39, 0.29) is 5.91 Å². The largest absolute Gasteiger partial charge is 0.341 e. The molecule has 1 aromatic carbocycles. The third-order valence-corrected chi connectivity index (χ3v) is 4.67. The molecule has 2 heterocycles. The van der Waals surface area contributed by atoms with Gasteiger partial charge in [0.25, 0.3) is 0 Å². The number of rotatable bonds is 3. The highest BCUT2D eigenvalue weighted by Crippen LogP contribution is 2.21. The Morgan fingerprint density at radius 3 is 2.75 bits per heavy atom. The second-order valence-corrected chi connectivity index (χ2v) is 6.33. The lowest BCUT2D eigenvalue weighted by Gasteiger charge is -2.24. The summed E-state index contributed by atoms with van der Waals surface area (Å²) in [6, 6.07) is 8.92. The summed E-state index contributed by atoms with van der Waals surface area (Å²) in [5, 5.41) is 4.35. The molecule has 2 fully saturated rings. The molecule has 4 heteroatoms. The molecule has 2 aliphatic rings. The van der Waals surface area contributed by atoms with Gasteiger partial charge in [0.1, 0.15) is 0 Å². The van der Waals surface area contributed by atoms with E-state index in [1.807, 2.05) is 29.2 Å². The number of halogens is 1. The minimum atomic E-state index is 0.286. The van der Waals surface area contributed by atoms with Crippen LogP contribution in [0.4, 0.5) is 0 Å². The molecule has 2 bridgehead atoms. The Morgan fingerprint density at radius 2 is 1.95 bits per heavy atom. The highest BCUT2D eigenvalue weighted by Gasteiger charge is 2.30. The number of carbonyl (C=O) groups excluding carboxylic acids is 1. The third kappa shape index (κ3) is 3.33. The topological polar surface area (TPSA) is 32.3 Å². The van der Waals surface area contributed by atoms with E-state index in [1.54, 1.807) is 0 Å². The maximum atomic E-state index is 12.3. The van der Waals surface area contributed by atoms with Gasteiger partial charge in [-0.1, -0.05) is 23.7 Å². The first-order valence-electron chi connectivity index (χ1n) is 7.49. The molecule has 2 aliphatic heterocycles. The molecule has 108 valence electrons. The summed E-state index contributed by atoms with van der Waals surface area (Å²) in [7, 11) is 0. The summed E-state index contributed by atoms with van der Waals surface area (Å²) >= 11 is 5.87. The minimum Gasteiger partial charge on any atom is -0.341 e. The maximum Gasteiger partial charge on any atom is 0.222 e. The Labute approximate surface area is 125 Å². The zero-order chi connectivity index (χ0) is 13.9. The molecule has 0 radical (unpaired) electrons. The standard InChI is InChI=1S/C16H21ClN2O/c17-13-4-1-12(2-5-13)3-8-16(20)19-10-9-14-6-7-15(11-19)18-14/h1-2,4-5,14-15,18H,3,6-11H2. The molecule has 2 saturated heterocycles. The van der Waals surface area contributed by atoms with Crippen molar-refractivity contribution in [3.63, 3.8) is 0 Å². The summed E-state index contributed by atoms with van der Waals surface area (Å²) < 4.78 is 0. The molecular formula is C16H21ClN2O. The first-order valence-corrected chi connectivity index (χ1v) is 7.87. The van der Waals surface area contributed by atoms with Gasteiger partial charge < -0.3 is 10.2 Å². The lowest BCUT2D eigenvalue weighted by atomic mass is 10.1. The predicted octanol–water partition coefficient (Wildman–Crippen LogP) is 2.63. The summed E-state index contributed by atoms with van der Waals surface area (Å²) in [5.74, 6) is 0.286. The zero-order valence-corrected chi connectivity index (χ0v) is 12.4. The first-order chi connectivity index (χ1) is 9.70. The number of hydrogen-bond acceptors (Lipinski definition) is 2. The fourth-order valence-electron chi connectivity index (χ4n) is 3.23. The van der Waals surface area contributed by atoms with Crippen molar-refractivity contribution >= 4 is 17.5 Å². The van der Waals surface area contributed by atoms with Crippen molar-refractivity contribution in [2.24, 2.45) is 0 Å². The number of carbonyl (C=O) groups is 1. The van der Waals surface area contributed by atoms with E-state index in [4.69, 9.17) is 11.6 Å². The molecule has 3 nitrogen and oxygen atoms in total. The maximum absolute atomic E-state index is 12.3. The number of nitrogens with zero attached hydrogens (tertiary/aromatic N) is 1. The van der Waals surface area contributed by atoms with Crippen molar-refractivity contribution in [2.45, 2.75) is 44.2 Å². The average Bonchev–Trinajstić information content (AvgIpc) is 2.77. The van der Waals surface area contributed by atoms with Gasteiger partial charge in [-0.2, -0.15) is 0 Å². The number of fused-ring (bicyclic) bond motifs is 2. The van der Waals surface area contributed by atoms with Gasteiger partial charge in [-0.05, 0) is 43.4 Å². The highest BCUT2D eigenvalue weighted by molar-refractivity contribution is 6.30. The van der Waals surface area contributed by atoms with Gasteiger partial charge in [0.15, 0.2) is 0 Å². The fourth-order valence-corrected chi connectivity index (χ4v) is 3.36. The molecular weight excluding hydrogens is 272 g/mol. The van der Waals surface area contributed by atoms with Crippen LogP contribution in [0.15, 0.2) is 24.3 Å². The smallest absolute Gasteiger partial charge is 0.222 e. The van der Waals surface area contributed by atoms with Crippen LogP contribution in [0.25, 0.3) is 0 Å². The summed E-state index contributed by atoms with van der Waals surface area (Å²) in [6.07, 6.45) is 4.99. The van der Waals surface area contributed by atoms with Gasteiger partial charge in [0.05, 0.1) is 0 Å². The second-order valence-electron chi connectivity index (χ2n) is 5.89. The first kappa shape index (κ1) is 13.9. The van der Waals surface area contributed by atoms with Crippen LogP contribution in [0.1, 0.15) is 31.2 Å². The Kier molecular flexibility index (Phi) is 4.27. The minimum absolute atomic E-state index is 0.286. The van der Waals surface area contributed by atoms with E-state index >= 15 is 0 Å². The second kappa shape index (κ2) is 6.15. The van der Waals surface area contributed by atoms with E-state index in [0.717, 1.165) is 31.0 Å². The van der Waals surface area contributed by atoms with Crippen molar-refractivity contribution in [1.29, 1.82) is 0 Å². The molecule has 3 rings (SSSR count). The van der Waals surface area contributed by atoms with Crippen LogP contribution in [-0.4, -0.2) is 36.0 Å². The summed E-state index contributed by atoms with van der Waals surface area (Å²) in [4.78, 5) is 14.4.